The molecule has 0 spiro atoms. The number of ether oxygens (including phenoxy) is 1. The van der Waals surface area contributed by atoms with Crippen molar-refractivity contribution in [2.24, 2.45) is 0 Å². The van der Waals surface area contributed by atoms with Crippen molar-refractivity contribution in [2.75, 3.05) is 0 Å². The standard InChI is InChI=1S/C24H38O2/c25-22-16-10-5-1-3-7-12-18-23(26-24-20-14-9-15-21-24)19-13-8-4-2-6-11-17-22/h14-15,20-23H,1-8,10-13,16-19H2. The minimum Gasteiger partial charge on any atom is -0.490 e. The molecular formula is C24H38O2. The van der Waals surface area contributed by atoms with Crippen molar-refractivity contribution in [3.05, 3.63) is 30.3 Å². The summed E-state index contributed by atoms with van der Waals surface area (Å²) in [6.07, 6.45) is 19.2. The zero-order valence-corrected chi connectivity index (χ0v) is 16.6. The molecule has 0 aliphatic heterocycles. The van der Waals surface area contributed by atoms with Gasteiger partial charge in [-0.2, -0.15) is 0 Å². The Hall–Kier alpha value is -1.02. The smallest absolute Gasteiger partial charge is 0.119 e. The predicted molar refractivity (Wildman–Crippen MR) is 108 cm³/mol. The second-order valence-corrected chi connectivity index (χ2v) is 7.99. The Labute approximate surface area is 161 Å². The minimum atomic E-state index is -0.303. The highest BCUT2D eigenvalue weighted by Gasteiger charge is 2.11. The number of hydrogen-bond acceptors (Lipinski definition) is 1. The molecule has 0 heterocycles. The Bertz CT molecular complexity index is 411. The second kappa shape index (κ2) is 14.1. The summed E-state index contributed by atoms with van der Waals surface area (Å²) in [6.45, 7) is 0. The van der Waals surface area contributed by atoms with E-state index < -0.39 is 0 Å². The molecule has 0 unspecified atom stereocenters. The van der Waals surface area contributed by atoms with Crippen LogP contribution in [0.3, 0.4) is 0 Å². The summed E-state index contributed by atoms with van der Waals surface area (Å²) < 4.78 is 6.25. The summed E-state index contributed by atoms with van der Waals surface area (Å²) in [5.74, 6) is 0.989. The molecule has 2 rings (SSSR count). The van der Waals surface area contributed by atoms with Gasteiger partial charge in [-0.1, -0.05) is 76.3 Å². The van der Waals surface area contributed by atoms with Gasteiger partial charge in [-0.15, -0.1) is 0 Å². The molecule has 2 nitrogen and oxygen atoms in total. The molecule has 26 heavy (non-hydrogen) atoms. The first-order valence-electron chi connectivity index (χ1n) is 11.1. The van der Waals surface area contributed by atoms with E-state index in [4.69, 9.17) is 4.74 Å². The van der Waals surface area contributed by atoms with Crippen LogP contribution in [0, 0.1) is 6.07 Å². The largest absolute Gasteiger partial charge is 0.490 e. The maximum absolute atomic E-state index is 11.9. The molecule has 1 aromatic carbocycles. The molecule has 146 valence electrons. The summed E-state index contributed by atoms with van der Waals surface area (Å²) in [5.41, 5.74) is 0. The van der Waals surface area contributed by atoms with Crippen LogP contribution in [-0.4, -0.2) is 12.2 Å². The summed E-state index contributed by atoms with van der Waals surface area (Å²) in [5, 5.41) is 11.9. The van der Waals surface area contributed by atoms with Crippen molar-refractivity contribution < 1.29 is 9.84 Å². The van der Waals surface area contributed by atoms with Gasteiger partial charge in [0, 0.05) is 0 Å². The topological polar surface area (TPSA) is 29.1 Å². The van der Waals surface area contributed by atoms with Crippen LogP contribution >= 0.6 is 0 Å². The summed E-state index contributed by atoms with van der Waals surface area (Å²) >= 11 is 0. The Kier molecular flexibility index (Phi) is 11.5. The molecule has 0 saturated heterocycles. The van der Waals surface area contributed by atoms with E-state index in [1.807, 2.05) is 24.3 Å². The summed E-state index contributed by atoms with van der Waals surface area (Å²) in [6, 6.07) is 11.0. The van der Waals surface area contributed by atoms with Gasteiger partial charge >= 0.3 is 0 Å². The third-order valence-corrected chi connectivity index (χ3v) is 5.59. The van der Waals surface area contributed by atoms with Gasteiger partial charge < -0.3 is 4.74 Å². The van der Waals surface area contributed by atoms with E-state index in [1.165, 1.54) is 77.0 Å². The molecule has 1 saturated carbocycles. The lowest BCUT2D eigenvalue weighted by Crippen LogP contribution is -2.16. The van der Waals surface area contributed by atoms with Gasteiger partial charge in [-0.25, -0.2) is 5.11 Å². The maximum atomic E-state index is 11.9. The van der Waals surface area contributed by atoms with Gasteiger partial charge in [-0.3, -0.25) is 0 Å². The zero-order valence-electron chi connectivity index (χ0n) is 16.6. The third kappa shape index (κ3) is 10.2. The minimum absolute atomic E-state index is 0.303. The van der Waals surface area contributed by atoms with Gasteiger partial charge in [0.25, 0.3) is 0 Å². The van der Waals surface area contributed by atoms with Crippen LogP contribution in [0.15, 0.2) is 24.3 Å². The summed E-state index contributed by atoms with van der Waals surface area (Å²) in [4.78, 5) is 0. The van der Waals surface area contributed by atoms with E-state index in [2.05, 4.69) is 6.07 Å². The van der Waals surface area contributed by atoms with Crippen molar-refractivity contribution in [1.82, 2.24) is 0 Å². The van der Waals surface area contributed by atoms with Gasteiger partial charge in [0.05, 0.1) is 12.2 Å². The molecule has 1 aromatic rings. The molecule has 0 aromatic heterocycles. The van der Waals surface area contributed by atoms with Gasteiger partial charge in [0.15, 0.2) is 0 Å². The van der Waals surface area contributed by atoms with Crippen LogP contribution in [0.5, 0.6) is 5.75 Å². The SMILES string of the molecule is [O]C1CCCCCCCCC(Oc2cc[c]cc2)CCCCCCCC1. The first-order chi connectivity index (χ1) is 12.8. The molecule has 2 radical (unpaired) electrons. The fourth-order valence-corrected chi connectivity index (χ4v) is 3.95. The van der Waals surface area contributed by atoms with Crippen molar-refractivity contribution in [1.29, 1.82) is 0 Å². The Morgan fingerprint density at radius 2 is 1.08 bits per heavy atom. The molecule has 1 fully saturated rings. The van der Waals surface area contributed by atoms with Crippen molar-refractivity contribution in [3.63, 3.8) is 0 Å². The predicted octanol–water partition coefficient (Wildman–Crippen LogP) is 7.29. The van der Waals surface area contributed by atoms with E-state index in [1.54, 1.807) is 0 Å². The normalized spacial score (nSPS) is 25.7. The number of benzene rings is 1. The Morgan fingerprint density at radius 1 is 0.654 bits per heavy atom. The quantitative estimate of drug-likeness (QED) is 0.545. The Morgan fingerprint density at radius 3 is 1.58 bits per heavy atom. The van der Waals surface area contributed by atoms with E-state index in [0.29, 0.717) is 6.10 Å². The highest BCUT2D eigenvalue weighted by molar-refractivity contribution is 5.20. The molecule has 0 bridgehead atoms. The molecule has 1 aliphatic rings. The molecule has 0 amide bonds. The highest BCUT2D eigenvalue weighted by atomic mass is 16.5. The van der Waals surface area contributed by atoms with Crippen molar-refractivity contribution >= 4 is 0 Å². The van der Waals surface area contributed by atoms with Gasteiger partial charge in [0.2, 0.25) is 0 Å². The average molecular weight is 359 g/mol. The Balaban J connectivity index is 1.75. The van der Waals surface area contributed by atoms with Crippen molar-refractivity contribution in [2.45, 2.75) is 115 Å². The zero-order chi connectivity index (χ0) is 18.3. The molecule has 2 heteroatoms. The lowest BCUT2D eigenvalue weighted by Gasteiger charge is -2.19. The molecule has 0 atom stereocenters. The van der Waals surface area contributed by atoms with Crippen LogP contribution in [-0.2, 0) is 5.11 Å². The maximum Gasteiger partial charge on any atom is 0.119 e. The van der Waals surface area contributed by atoms with Crippen LogP contribution in [0.4, 0.5) is 0 Å². The van der Waals surface area contributed by atoms with Crippen LogP contribution in [0.1, 0.15) is 103 Å². The van der Waals surface area contributed by atoms with E-state index >= 15 is 0 Å². The average Bonchev–Trinajstić information content (AvgIpc) is 2.65. The van der Waals surface area contributed by atoms with E-state index in [9.17, 15) is 5.11 Å². The number of hydrogen-bond donors (Lipinski definition) is 0. The van der Waals surface area contributed by atoms with Crippen molar-refractivity contribution in [3.8, 4) is 5.75 Å². The first-order valence-corrected chi connectivity index (χ1v) is 11.1. The molecular weight excluding hydrogens is 320 g/mol. The molecule has 0 N–H and O–H groups in total. The monoisotopic (exact) mass is 358 g/mol. The van der Waals surface area contributed by atoms with Crippen LogP contribution in [0.2, 0.25) is 0 Å². The lowest BCUT2D eigenvalue weighted by atomic mass is 9.99. The fraction of sp³-hybridized carbons (Fsp3) is 0.750. The second-order valence-electron chi connectivity index (χ2n) is 7.99. The van der Waals surface area contributed by atoms with E-state index in [-0.39, 0.29) is 6.10 Å². The van der Waals surface area contributed by atoms with Gasteiger partial charge in [-0.05, 0) is 56.7 Å². The molecule has 1 aliphatic carbocycles. The van der Waals surface area contributed by atoms with Crippen LogP contribution in [0.25, 0.3) is 0 Å². The highest BCUT2D eigenvalue weighted by Crippen LogP contribution is 2.21. The number of rotatable bonds is 2. The fourth-order valence-electron chi connectivity index (χ4n) is 3.95. The first kappa shape index (κ1) is 21.3. The van der Waals surface area contributed by atoms with E-state index in [0.717, 1.165) is 31.4 Å². The third-order valence-electron chi connectivity index (χ3n) is 5.59. The summed E-state index contributed by atoms with van der Waals surface area (Å²) in [7, 11) is 0. The van der Waals surface area contributed by atoms with Crippen LogP contribution < -0.4 is 4.74 Å². The van der Waals surface area contributed by atoms with Gasteiger partial charge in [0.1, 0.15) is 5.75 Å². The lowest BCUT2D eigenvalue weighted by molar-refractivity contribution is 0.0688.